The van der Waals surface area contributed by atoms with Crippen molar-refractivity contribution in [2.75, 3.05) is 5.32 Å². The molecule has 2 aromatic carbocycles. The van der Waals surface area contributed by atoms with E-state index in [-0.39, 0.29) is 11.8 Å². The van der Waals surface area contributed by atoms with E-state index in [1.165, 1.54) is 11.3 Å². The number of aromatic nitrogens is 1. The largest absolute Gasteiger partial charge is 0.332 e. The molecule has 0 spiro atoms. The van der Waals surface area contributed by atoms with Crippen LogP contribution >= 0.6 is 22.9 Å². The third-order valence-electron chi connectivity index (χ3n) is 3.62. The average molecular weight is 358 g/mol. The van der Waals surface area contributed by atoms with Crippen molar-refractivity contribution in [3.05, 3.63) is 75.8 Å². The Kier molecular flexibility index (Phi) is 4.94. The maximum absolute atomic E-state index is 11.3. The van der Waals surface area contributed by atoms with E-state index in [4.69, 9.17) is 17.3 Å². The number of nitrogens with zero attached hydrogens (tertiary/aromatic N) is 1. The number of nitrogens with one attached hydrogen (secondary N) is 1. The third kappa shape index (κ3) is 3.64. The lowest BCUT2D eigenvalue weighted by atomic mass is 10.1. The summed E-state index contributed by atoms with van der Waals surface area (Å²) >= 11 is 7.67. The van der Waals surface area contributed by atoms with E-state index in [2.05, 4.69) is 10.3 Å². The second kappa shape index (κ2) is 7.13. The second-order valence-electron chi connectivity index (χ2n) is 5.34. The molecule has 122 valence electrons. The molecule has 0 saturated heterocycles. The summed E-state index contributed by atoms with van der Waals surface area (Å²) in [6.07, 6.45) is 0. The molecule has 0 radical (unpaired) electrons. The van der Waals surface area contributed by atoms with Gasteiger partial charge >= 0.3 is 0 Å². The molecule has 4 nitrogen and oxygen atoms in total. The predicted octanol–water partition coefficient (Wildman–Crippen LogP) is 4.79. The molecule has 0 saturated carbocycles. The second-order valence-corrected chi connectivity index (χ2v) is 6.60. The van der Waals surface area contributed by atoms with Gasteiger partial charge in [-0.3, -0.25) is 4.79 Å². The lowest BCUT2D eigenvalue weighted by Gasteiger charge is -2.11. The van der Waals surface area contributed by atoms with Crippen LogP contribution in [0.4, 0.5) is 10.8 Å². The van der Waals surface area contributed by atoms with Gasteiger partial charge in [0.2, 0.25) is 0 Å². The molecule has 0 aliphatic rings. The van der Waals surface area contributed by atoms with Gasteiger partial charge in [0.1, 0.15) is 0 Å². The van der Waals surface area contributed by atoms with Gasteiger partial charge in [-0.15, -0.1) is 11.3 Å². The number of carbonyl (C=O) groups is 1. The van der Waals surface area contributed by atoms with E-state index in [1.54, 1.807) is 19.1 Å². The molecule has 0 aliphatic carbocycles. The Morgan fingerprint density at radius 1 is 1.21 bits per heavy atom. The number of benzene rings is 2. The fourth-order valence-electron chi connectivity index (χ4n) is 2.28. The summed E-state index contributed by atoms with van der Waals surface area (Å²) in [6, 6.07) is 14.4. The number of hydrogen-bond acceptors (Lipinski definition) is 5. The lowest BCUT2D eigenvalue weighted by molar-refractivity contribution is 0.101. The van der Waals surface area contributed by atoms with Crippen molar-refractivity contribution in [2.24, 2.45) is 5.73 Å². The Labute approximate surface area is 149 Å². The van der Waals surface area contributed by atoms with Crippen LogP contribution < -0.4 is 11.1 Å². The summed E-state index contributed by atoms with van der Waals surface area (Å²) in [4.78, 5) is 15.8. The van der Waals surface area contributed by atoms with Crippen molar-refractivity contribution >= 4 is 39.5 Å². The minimum absolute atomic E-state index is 0.0452. The average Bonchev–Trinajstić information content (AvgIpc) is 3.04. The van der Waals surface area contributed by atoms with Crippen LogP contribution in [0.25, 0.3) is 0 Å². The molecule has 1 atom stereocenters. The van der Waals surface area contributed by atoms with Crippen LogP contribution in [0.2, 0.25) is 5.02 Å². The first-order valence-corrected chi connectivity index (χ1v) is 8.64. The van der Waals surface area contributed by atoms with Gasteiger partial charge in [-0.05, 0) is 42.8 Å². The smallest absolute Gasteiger partial charge is 0.187 e. The highest BCUT2D eigenvalue weighted by molar-refractivity contribution is 7.13. The van der Waals surface area contributed by atoms with Gasteiger partial charge < -0.3 is 11.1 Å². The minimum atomic E-state index is -0.370. The zero-order chi connectivity index (χ0) is 17.1. The highest BCUT2D eigenvalue weighted by Gasteiger charge is 2.15. The highest BCUT2D eigenvalue weighted by atomic mass is 35.5. The van der Waals surface area contributed by atoms with Gasteiger partial charge in [0.25, 0.3) is 0 Å². The van der Waals surface area contributed by atoms with Crippen molar-refractivity contribution in [3.63, 3.8) is 0 Å². The number of halogens is 1. The van der Waals surface area contributed by atoms with Gasteiger partial charge in [0.05, 0.1) is 11.7 Å². The Balaban J connectivity index is 1.76. The van der Waals surface area contributed by atoms with Crippen molar-refractivity contribution in [1.82, 2.24) is 4.98 Å². The van der Waals surface area contributed by atoms with Gasteiger partial charge in [-0.2, -0.15) is 0 Å². The maximum Gasteiger partial charge on any atom is 0.187 e. The Morgan fingerprint density at radius 3 is 2.58 bits per heavy atom. The minimum Gasteiger partial charge on any atom is -0.332 e. The van der Waals surface area contributed by atoms with Crippen LogP contribution in [0.1, 0.15) is 34.6 Å². The molecule has 0 aliphatic heterocycles. The first-order chi connectivity index (χ1) is 11.5. The van der Waals surface area contributed by atoms with E-state index < -0.39 is 0 Å². The van der Waals surface area contributed by atoms with Gasteiger partial charge in [-0.1, -0.05) is 29.8 Å². The summed E-state index contributed by atoms with van der Waals surface area (Å²) < 4.78 is 0. The molecule has 1 aromatic heterocycles. The number of hydrogen-bond donors (Lipinski definition) is 2. The first-order valence-electron chi connectivity index (χ1n) is 7.38. The van der Waals surface area contributed by atoms with Crippen molar-refractivity contribution in [1.29, 1.82) is 0 Å². The van der Waals surface area contributed by atoms with E-state index in [0.717, 1.165) is 22.1 Å². The van der Waals surface area contributed by atoms with Crippen LogP contribution in [-0.4, -0.2) is 10.8 Å². The SMILES string of the molecule is CC(=O)c1ccc(Nc2nc(C(N)c3ccccc3Cl)cs2)cc1. The predicted molar refractivity (Wildman–Crippen MR) is 99.3 cm³/mol. The zero-order valence-electron chi connectivity index (χ0n) is 13.0. The van der Waals surface area contributed by atoms with Crippen LogP contribution in [0.5, 0.6) is 0 Å². The monoisotopic (exact) mass is 357 g/mol. The molecule has 3 aromatic rings. The zero-order valence-corrected chi connectivity index (χ0v) is 14.6. The number of carbonyl (C=O) groups excluding carboxylic acids is 1. The molecule has 1 heterocycles. The van der Waals surface area contributed by atoms with Crippen LogP contribution in [0, 0.1) is 0 Å². The molecule has 6 heteroatoms. The topological polar surface area (TPSA) is 68.0 Å². The molecule has 1 unspecified atom stereocenters. The van der Waals surface area contributed by atoms with Crippen LogP contribution in [0.3, 0.4) is 0 Å². The fourth-order valence-corrected chi connectivity index (χ4v) is 3.30. The first kappa shape index (κ1) is 16.6. The lowest BCUT2D eigenvalue weighted by Crippen LogP contribution is -2.12. The van der Waals surface area contributed by atoms with Crippen LogP contribution in [0.15, 0.2) is 53.9 Å². The molecule has 3 N–H and O–H groups in total. The molecule has 3 rings (SSSR count). The van der Waals surface area contributed by atoms with E-state index in [0.29, 0.717) is 10.6 Å². The molecule has 0 amide bonds. The summed E-state index contributed by atoms with van der Waals surface area (Å²) in [7, 11) is 0. The van der Waals surface area contributed by atoms with E-state index >= 15 is 0 Å². The Bertz CT molecular complexity index is 861. The molecular weight excluding hydrogens is 342 g/mol. The number of thiazole rings is 1. The van der Waals surface area contributed by atoms with E-state index in [1.807, 2.05) is 41.8 Å². The number of Topliss-reactive ketones (excluding diaryl/α,β-unsaturated/α-hetero) is 1. The summed E-state index contributed by atoms with van der Waals surface area (Å²) in [5.41, 5.74) is 9.43. The van der Waals surface area contributed by atoms with Gasteiger partial charge in [0, 0.05) is 21.7 Å². The number of ketones is 1. The quantitative estimate of drug-likeness (QED) is 0.644. The number of nitrogens with two attached hydrogens (primary N) is 1. The summed E-state index contributed by atoms with van der Waals surface area (Å²) in [6.45, 7) is 1.55. The Morgan fingerprint density at radius 2 is 1.92 bits per heavy atom. The standard InChI is InChI=1S/C18H16ClN3OS/c1-11(23)12-6-8-13(9-7-12)21-18-22-16(10-24-18)17(20)14-4-2-3-5-15(14)19/h2-10,17H,20H2,1H3,(H,21,22). The highest BCUT2D eigenvalue weighted by Crippen LogP contribution is 2.29. The normalized spacial score (nSPS) is 12.0. The third-order valence-corrected chi connectivity index (χ3v) is 4.74. The van der Waals surface area contributed by atoms with Crippen molar-refractivity contribution < 1.29 is 4.79 Å². The molecule has 24 heavy (non-hydrogen) atoms. The van der Waals surface area contributed by atoms with Crippen molar-refractivity contribution in [3.8, 4) is 0 Å². The van der Waals surface area contributed by atoms with Crippen LogP contribution in [-0.2, 0) is 0 Å². The molecular formula is C18H16ClN3OS. The maximum atomic E-state index is 11.3. The van der Waals surface area contributed by atoms with Gasteiger partial charge in [0.15, 0.2) is 10.9 Å². The fraction of sp³-hybridized carbons (Fsp3) is 0.111. The van der Waals surface area contributed by atoms with E-state index in [9.17, 15) is 4.79 Å². The number of rotatable bonds is 5. The van der Waals surface area contributed by atoms with Gasteiger partial charge in [-0.25, -0.2) is 4.98 Å². The summed E-state index contributed by atoms with van der Waals surface area (Å²) in [5, 5.41) is 6.51. The molecule has 0 bridgehead atoms. The Hall–Kier alpha value is -2.21. The summed E-state index contributed by atoms with van der Waals surface area (Å²) in [5.74, 6) is 0.0452. The molecule has 0 fully saturated rings. The van der Waals surface area contributed by atoms with Crippen molar-refractivity contribution in [2.45, 2.75) is 13.0 Å². The number of anilines is 2.